The Bertz CT molecular complexity index is 1120. The fraction of sp³-hybridized carbons (Fsp3) is 0.208. The summed E-state index contributed by atoms with van der Waals surface area (Å²) in [7, 11) is 2.94. The van der Waals surface area contributed by atoms with E-state index in [0.29, 0.717) is 5.82 Å². The van der Waals surface area contributed by atoms with Gasteiger partial charge in [-0.3, -0.25) is 14.5 Å². The number of hydrogen-bond donors (Lipinski definition) is 2. The number of carbonyl (C=O) groups is 3. The van der Waals surface area contributed by atoms with Crippen LogP contribution >= 0.6 is 0 Å². The lowest BCUT2D eigenvalue weighted by Gasteiger charge is -2.19. The van der Waals surface area contributed by atoms with Gasteiger partial charge in [0.2, 0.25) is 5.91 Å². The molecule has 160 valence electrons. The zero-order chi connectivity index (χ0) is 22.4. The van der Waals surface area contributed by atoms with E-state index >= 15 is 0 Å². The maximum Gasteiger partial charge on any atom is 0.328 e. The zero-order valence-corrected chi connectivity index (χ0v) is 17.7. The standard InChI is InChI=1S/C24H25N3O4/c1-16(28)25-21(24(30)31-3)15-19-18-11-7-8-12-20(18)26-23(19)27(2)22(29)14-13-17-9-5-4-6-10-17/h4-14,21,26H,15H2,1-3H3,(H,25,28)/b14-13+/t21-/m0/s1. The van der Waals surface area contributed by atoms with Crippen molar-refractivity contribution in [3.05, 3.63) is 71.8 Å². The molecule has 0 fully saturated rings. The fourth-order valence-corrected chi connectivity index (χ4v) is 3.42. The Balaban J connectivity index is 1.96. The Morgan fingerprint density at radius 2 is 1.77 bits per heavy atom. The number of methoxy groups -OCH3 is 1. The van der Waals surface area contributed by atoms with Gasteiger partial charge in [0.05, 0.1) is 7.11 Å². The SMILES string of the molecule is COC(=O)[C@H](Cc1c(N(C)C(=O)/C=C/c2ccccc2)[nH]c2ccccc12)NC(C)=O. The molecule has 0 aliphatic heterocycles. The average molecular weight is 419 g/mol. The molecule has 0 spiro atoms. The molecule has 7 heteroatoms. The first kappa shape index (κ1) is 21.8. The third kappa shape index (κ3) is 5.19. The van der Waals surface area contributed by atoms with Gasteiger partial charge in [0.15, 0.2) is 0 Å². The highest BCUT2D eigenvalue weighted by atomic mass is 16.5. The number of nitrogens with zero attached hydrogens (tertiary/aromatic N) is 1. The van der Waals surface area contributed by atoms with Crippen molar-refractivity contribution in [3.63, 3.8) is 0 Å². The molecule has 3 aromatic rings. The molecular weight excluding hydrogens is 394 g/mol. The summed E-state index contributed by atoms with van der Waals surface area (Å²) >= 11 is 0. The van der Waals surface area contributed by atoms with Crippen LogP contribution in [-0.2, 0) is 25.5 Å². The maximum atomic E-state index is 12.9. The van der Waals surface area contributed by atoms with Crippen LogP contribution in [0.5, 0.6) is 0 Å². The van der Waals surface area contributed by atoms with Gasteiger partial charge in [-0.25, -0.2) is 4.79 Å². The van der Waals surface area contributed by atoms with Gasteiger partial charge in [-0.1, -0.05) is 48.5 Å². The van der Waals surface area contributed by atoms with E-state index in [1.165, 1.54) is 25.0 Å². The Kier molecular flexibility index (Phi) is 6.87. The van der Waals surface area contributed by atoms with Crippen molar-refractivity contribution in [1.82, 2.24) is 10.3 Å². The molecule has 0 aliphatic carbocycles. The van der Waals surface area contributed by atoms with Crippen LogP contribution in [0, 0.1) is 0 Å². The number of carbonyl (C=O) groups excluding carboxylic acids is 3. The molecule has 0 bridgehead atoms. The Hall–Kier alpha value is -3.87. The normalized spacial score (nSPS) is 12.0. The summed E-state index contributed by atoms with van der Waals surface area (Å²) in [5, 5.41) is 3.50. The van der Waals surface area contributed by atoms with Gasteiger partial charge in [0.1, 0.15) is 11.9 Å². The molecule has 0 unspecified atom stereocenters. The lowest BCUT2D eigenvalue weighted by atomic mass is 10.0. The van der Waals surface area contributed by atoms with E-state index in [-0.39, 0.29) is 18.2 Å². The Morgan fingerprint density at radius 1 is 1.10 bits per heavy atom. The van der Waals surface area contributed by atoms with E-state index in [2.05, 4.69) is 10.3 Å². The second kappa shape index (κ2) is 9.75. The first-order chi connectivity index (χ1) is 14.9. The molecule has 3 rings (SSSR count). The summed E-state index contributed by atoms with van der Waals surface area (Å²) in [6.45, 7) is 1.34. The molecule has 31 heavy (non-hydrogen) atoms. The number of aromatic nitrogens is 1. The fourth-order valence-electron chi connectivity index (χ4n) is 3.42. The Labute approximate surface area is 180 Å². The number of nitrogens with one attached hydrogen (secondary N) is 2. The lowest BCUT2D eigenvalue weighted by molar-refractivity contribution is -0.144. The highest BCUT2D eigenvalue weighted by Crippen LogP contribution is 2.30. The minimum atomic E-state index is -0.871. The van der Waals surface area contributed by atoms with Crippen molar-refractivity contribution >= 4 is 40.6 Å². The number of hydrogen-bond acceptors (Lipinski definition) is 4. The van der Waals surface area contributed by atoms with Crippen LogP contribution in [0.1, 0.15) is 18.1 Å². The number of aromatic amines is 1. The van der Waals surface area contributed by atoms with Gasteiger partial charge >= 0.3 is 5.97 Å². The van der Waals surface area contributed by atoms with Gasteiger partial charge in [-0.2, -0.15) is 0 Å². The first-order valence-electron chi connectivity index (χ1n) is 9.86. The van der Waals surface area contributed by atoms with Crippen LogP contribution in [0.2, 0.25) is 0 Å². The van der Waals surface area contributed by atoms with Crippen LogP contribution < -0.4 is 10.2 Å². The Morgan fingerprint density at radius 3 is 2.45 bits per heavy atom. The number of para-hydroxylation sites is 1. The number of esters is 1. The molecule has 0 saturated carbocycles. The van der Waals surface area contributed by atoms with Crippen LogP contribution in [0.25, 0.3) is 17.0 Å². The van der Waals surface area contributed by atoms with Crippen molar-refractivity contribution in [3.8, 4) is 0 Å². The molecule has 1 aromatic heterocycles. The molecule has 0 aliphatic rings. The largest absolute Gasteiger partial charge is 0.467 e. The van der Waals surface area contributed by atoms with Gasteiger partial charge in [0.25, 0.3) is 5.91 Å². The molecule has 2 amide bonds. The first-order valence-corrected chi connectivity index (χ1v) is 9.86. The minimum Gasteiger partial charge on any atom is -0.467 e. The van der Waals surface area contributed by atoms with E-state index in [0.717, 1.165) is 22.0 Å². The summed E-state index contributed by atoms with van der Waals surface area (Å²) in [5.74, 6) is -0.564. The number of fused-ring (bicyclic) bond motifs is 1. The second-order valence-electron chi connectivity index (χ2n) is 7.12. The highest BCUT2D eigenvalue weighted by molar-refractivity contribution is 6.05. The third-order valence-corrected chi connectivity index (χ3v) is 4.95. The third-order valence-electron chi connectivity index (χ3n) is 4.95. The van der Waals surface area contributed by atoms with Crippen molar-refractivity contribution in [2.24, 2.45) is 0 Å². The predicted molar refractivity (Wildman–Crippen MR) is 121 cm³/mol. The number of anilines is 1. The average Bonchev–Trinajstić information content (AvgIpc) is 3.14. The molecule has 2 aromatic carbocycles. The van der Waals surface area contributed by atoms with E-state index in [1.807, 2.05) is 54.6 Å². The smallest absolute Gasteiger partial charge is 0.328 e. The minimum absolute atomic E-state index is 0.172. The summed E-state index contributed by atoms with van der Waals surface area (Å²) in [6, 6.07) is 16.2. The second-order valence-corrected chi connectivity index (χ2v) is 7.12. The van der Waals surface area contributed by atoms with Crippen LogP contribution in [-0.4, -0.2) is 43.0 Å². The van der Waals surface area contributed by atoms with Gasteiger partial charge in [-0.15, -0.1) is 0 Å². The van der Waals surface area contributed by atoms with Crippen molar-refractivity contribution in [2.75, 3.05) is 19.1 Å². The molecule has 1 heterocycles. The summed E-state index contributed by atoms with van der Waals surface area (Å²) in [6.07, 6.45) is 3.41. The van der Waals surface area contributed by atoms with E-state index in [4.69, 9.17) is 4.74 Å². The van der Waals surface area contributed by atoms with E-state index < -0.39 is 12.0 Å². The van der Waals surface area contributed by atoms with Gasteiger partial charge in [-0.05, 0) is 17.7 Å². The van der Waals surface area contributed by atoms with Crippen LogP contribution in [0.15, 0.2) is 60.7 Å². The maximum absolute atomic E-state index is 12.9. The highest BCUT2D eigenvalue weighted by Gasteiger charge is 2.26. The van der Waals surface area contributed by atoms with Crippen LogP contribution in [0.4, 0.5) is 5.82 Å². The zero-order valence-electron chi connectivity index (χ0n) is 17.7. The number of H-pyrrole nitrogens is 1. The van der Waals surface area contributed by atoms with Crippen molar-refractivity contribution in [2.45, 2.75) is 19.4 Å². The number of ether oxygens (including phenoxy) is 1. The van der Waals surface area contributed by atoms with Gasteiger partial charge < -0.3 is 15.0 Å². The van der Waals surface area contributed by atoms with E-state index in [9.17, 15) is 14.4 Å². The predicted octanol–water partition coefficient (Wildman–Crippen LogP) is 3.06. The quantitative estimate of drug-likeness (QED) is 0.455. The summed E-state index contributed by atoms with van der Waals surface area (Å²) in [5.41, 5.74) is 2.48. The monoisotopic (exact) mass is 419 g/mol. The number of amides is 2. The lowest BCUT2D eigenvalue weighted by Crippen LogP contribution is -2.42. The topological polar surface area (TPSA) is 91.5 Å². The van der Waals surface area contributed by atoms with E-state index in [1.54, 1.807) is 13.1 Å². The summed E-state index contributed by atoms with van der Waals surface area (Å²) < 4.78 is 4.85. The van der Waals surface area contributed by atoms with Crippen molar-refractivity contribution < 1.29 is 19.1 Å². The molecule has 2 N–H and O–H groups in total. The molecule has 0 radical (unpaired) electrons. The number of benzene rings is 2. The van der Waals surface area contributed by atoms with Crippen LogP contribution in [0.3, 0.4) is 0 Å². The molecule has 1 atom stereocenters. The molecule has 0 saturated heterocycles. The summed E-state index contributed by atoms with van der Waals surface area (Å²) in [4.78, 5) is 41.5. The van der Waals surface area contributed by atoms with Crippen molar-refractivity contribution in [1.29, 1.82) is 0 Å². The van der Waals surface area contributed by atoms with Gasteiger partial charge in [0, 0.05) is 42.9 Å². The molecule has 7 nitrogen and oxygen atoms in total. The number of likely N-dealkylation sites (N-methyl/N-ethyl adjacent to an activating group) is 1. The molecular formula is C24H25N3O4. The number of rotatable bonds is 7.